The molecule has 0 spiro atoms. The highest BCUT2D eigenvalue weighted by Crippen LogP contribution is 2.44. The summed E-state index contributed by atoms with van der Waals surface area (Å²) in [6.07, 6.45) is 3.69. The molecule has 0 atom stereocenters. The minimum atomic E-state index is 0.684. The van der Waals surface area contributed by atoms with E-state index in [2.05, 4.69) is 121 Å². The maximum atomic E-state index is 9.62. The van der Waals surface area contributed by atoms with Gasteiger partial charge in [0.15, 0.2) is 0 Å². The number of benzene rings is 7. The van der Waals surface area contributed by atoms with Crippen LogP contribution in [0.5, 0.6) is 0 Å². The predicted molar refractivity (Wildman–Crippen MR) is 214 cm³/mol. The van der Waals surface area contributed by atoms with Crippen LogP contribution in [0.15, 0.2) is 164 Å². The minimum Gasteiger partial charge on any atom is -0.256 e. The van der Waals surface area contributed by atoms with E-state index in [1.165, 1.54) is 63.8 Å². The first kappa shape index (κ1) is 29.3. The molecule has 0 unspecified atom stereocenters. The number of fused-ring (bicyclic) bond motifs is 8. The van der Waals surface area contributed by atoms with Crippen LogP contribution in [-0.4, -0.2) is 9.97 Å². The van der Waals surface area contributed by atoms with Crippen LogP contribution < -0.4 is 0 Å². The van der Waals surface area contributed by atoms with Crippen LogP contribution in [-0.2, 0) is 0 Å². The van der Waals surface area contributed by atoms with Gasteiger partial charge in [-0.15, -0.1) is 11.3 Å². The van der Waals surface area contributed by atoms with Gasteiger partial charge >= 0.3 is 0 Å². The van der Waals surface area contributed by atoms with Gasteiger partial charge < -0.3 is 0 Å². The van der Waals surface area contributed by atoms with E-state index in [9.17, 15) is 5.26 Å². The third-order valence-corrected chi connectivity index (χ3v) is 11.1. The predicted octanol–water partition coefficient (Wildman–Crippen LogP) is 12.8. The van der Waals surface area contributed by atoms with Gasteiger partial charge in [0.2, 0.25) is 0 Å². The number of thiophene rings is 1. The van der Waals surface area contributed by atoms with Crippen molar-refractivity contribution in [3.05, 3.63) is 170 Å². The maximum Gasteiger partial charge on any atom is 0.0991 e. The van der Waals surface area contributed by atoms with Crippen LogP contribution in [0.25, 0.3) is 97.3 Å². The summed E-state index contributed by atoms with van der Waals surface area (Å²) in [6.45, 7) is 0. The van der Waals surface area contributed by atoms with Gasteiger partial charge in [-0.2, -0.15) is 5.26 Å². The van der Waals surface area contributed by atoms with Gasteiger partial charge in [-0.25, -0.2) is 0 Å². The fourth-order valence-corrected chi connectivity index (χ4v) is 8.66. The second-order valence-electron chi connectivity index (χ2n) is 12.9. The molecule has 3 aromatic heterocycles. The molecule has 0 N–H and O–H groups in total. The van der Waals surface area contributed by atoms with Crippen molar-refractivity contribution in [2.24, 2.45) is 0 Å². The van der Waals surface area contributed by atoms with Crippen LogP contribution in [0.4, 0.5) is 0 Å². The van der Waals surface area contributed by atoms with E-state index in [4.69, 9.17) is 9.97 Å². The van der Waals surface area contributed by atoms with Crippen molar-refractivity contribution in [1.29, 1.82) is 5.26 Å². The van der Waals surface area contributed by atoms with Gasteiger partial charge in [0.05, 0.1) is 23.0 Å². The fourth-order valence-electron chi connectivity index (χ4n) is 7.59. The minimum absolute atomic E-state index is 0.684. The maximum absolute atomic E-state index is 9.62. The molecule has 0 fully saturated rings. The third kappa shape index (κ3) is 4.87. The van der Waals surface area contributed by atoms with Gasteiger partial charge in [0.1, 0.15) is 0 Å². The Balaban J connectivity index is 1.25. The molecule has 0 aliphatic rings. The molecule has 0 radical (unpaired) electrons. The van der Waals surface area contributed by atoms with E-state index in [0.717, 1.165) is 33.5 Å². The monoisotopic (exact) mass is 665 g/mol. The van der Waals surface area contributed by atoms with Crippen molar-refractivity contribution < 1.29 is 0 Å². The lowest BCUT2D eigenvalue weighted by molar-refractivity contribution is 1.31. The fraction of sp³-hybridized carbons (Fsp3) is 0. The summed E-state index contributed by atoms with van der Waals surface area (Å²) in [5, 5.41) is 19.2. The zero-order chi connectivity index (χ0) is 33.9. The van der Waals surface area contributed by atoms with E-state index in [-0.39, 0.29) is 0 Å². The Bertz CT molecular complexity index is 2970. The van der Waals surface area contributed by atoms with Crippen molar-refractivity contribution in [1.82, 2.24) is 9.97 Å². The molecule has 3 heterocycles. The SMILES string of the molecule is N#Cc1ccc2sc3ccc(-c4cc5c6ccccc6c(-c6cc(-c7ccccn7)cc(-c7ccccn7)c6)cc5c5ccccc45)cc3c2c1. The number of nitrogens with zero attached hydrogens (tertiary/aromatic N) is 3. The Morgan fingerprint density at radius 2 is 0.902 bits per heavy atom. The molecule has 236 valence electrons. The summed E-state index contributed by atoms with van der Waals surface area (Å²) < 4.78 is 2.42. The van der Waals surface area contributed by atoms with Crippen molar-refractivity contribution in [2.45, 2.75) is 0 Å². The quantitative estimate of drug-likeness (QED) is 0.176. The van der Waals surface area contributed by atoms with Crippen molar-refractivity contribution >= 4 is 63.8 Å². The standard InChI is InChI=1S/C47H27N3S/c48-28-29-15-17-46-42(21-29)43-25-30(16-18-47(43)51-46)38-26-40-37-12-4-2-10-35(37)39(27-41(40)36-11-3-1-9-34(36)38)31-22-32(44-13-5-7-19-49-44)24-33(23-31)45-14-6-8-20-50-45/h1-27H. The Hall–Kier alpha value is -6.67. The highest BCUT2D eigenvalue weighted by Gasteiger charge is 2.17. The summed E-state index contributed by atoms with van der Waals surface area (Å²) in [5.41, 5.74) is 9.30. The van der Waals surface area contributed by atoms with E-state index in [0.29, 0.717) is 5.56 Å². The van der Waals surface area contributed by atoms with Crippen LogP contribution in [0.2, 0.25) is 0 Å². The van der Waals surface area contributed by atoms with E-state index in [1.807, 2.05) is 48.8 Å². The Labute approximate surface area is 298 Å². The van der Waals surface area contributed by atoms with E-state index in [1.54, 1.807) is 11.3 Å². The summed E-state index contributed by atoms with van der Waals surface area (Å²) >= 11 is 1.77. The molecule has 10 rings (SSSR count). The van der Waals surface area contributed by atoms with E-state index < -0.39 is 0 Å². The first-order valence-corrected chi connectivity index (χ1v) is 17.8. The molecular formula is C47H27N3S. The van der Waals surface area contributed by atoms with Crippen LogP contribution >= 0.6 is 11.3 Å². The molecule has 3 nitrogen and oxygen atoms in total. The highest BCUT2D eigenvalue weighted by atomic mass is 32.1. The summed E-state index contributed by atoms with van der Waals surface area (Å²) in [7, 11) is 0. The van der Waals surface area contributed by atoms with E-state index >= 15 is 0 Å². The number of hydrogen-bond donors (Lipinski definition) is 0. The first-order valence-electron chi connectivity index (χ1n) is 16.9. The average Bonchev–Trinajstić information content (AvgIpc) is 3.58. The number of aromatic nitrogens is 2. The van der Waals surface area contributed by atoms with Crippen LogP contribution in [0.1, 0.15) is 5.56 Å². The van der Waals surface area contributed by atoms with Gasteiger partial charge in [0.25, 0.3) is 0 Å². The highest BCUT2D eigenvalue weighted by molar-refractivity contribution is 7.25. The average molecular weight is 666 g/mol. The molecule has 0 bridgehead atoms. The van der Waals surface area contributed by atoms with Crippen LogP contribution in [0.3, 0.4) is 0 Å². The molecule has 51 heavy (non-hydrogen) atoms. The van der Waals surface area contributed by atoms with Crippen molar-refractivity contribution in [3.8, 4) is 50.8 Å². The first-order chi connectivity index (χ1) is 25.2. The zero-order valence-corrected chi connectivity index (χ0v) is 28.2. The number of rotatable bonds is 4. The lowest BCUT2D eigenvalue weighted by atomic mass is 9.86. The summed E-state index contributed by atoms with van der Waals surface area (Å²) in [6, 6.07) is 56.2. The van der Waals surface area contributed by atoms with Crippen LogP contribution in [0, 0.1) is 11.3 Å². The Morgan fingerprint density at radius 3 is 1.47 bits per heavy atom. The normalized spacial score (nSPS) is 11.5. The summed E-state index contributed by atoms with van der Waals surface area (Å²) in [5.74, 6) is 0. The Morgan fingerprint density at radius 1 is 0.392 bits per heavy atom. The molecule has 7 aromatic carbocycles. The third-order valence-electron chi connectivity index (χ3n) is 9.96. The molecule has 0 saturated carbocycles. The molecule has 4 heteroatoms. The lowest BCUT2D eigenvalue weighted by Crippen LogP contribution is -1.91. The summed E-state index contributed by atoms with van der Waals surface area (Å²) in [4.78, 5) is 9.43. The molecule has 0 amide bonds. The molecule has 0 aliphatic heterocycles. The lowest BCUT2D eigenvalue weighted by Gasteiger charge is -2.17. The zero-order valence-electron chi connectivity index (χ0n) is 27.3. The van der Waals surface area contributed by atoms with Gasteiger partial charge in [-0.1, -0.05) is 66.7 Å². The molecule has 10 aromatic rings. The molecular weight excluding hydrogens is 639 g/mol. The van der Waals surface area contributed by atoms with Gasteiger partial charge in [0, 0.05) is 43.7 Å². The van der Waals surface area contributed by atoms with Crippen molar-refractivity contribution in [3.63, 3.8) is 0 Å². The number of pyridine rings is 2. The number of hydrogen-bond acceptors (Lipinski definition) is 4. The van der Waals surface area contributed by atoms with Crippen molar-refractivity contribution in [2.75, 3.05) is 0 Å². The topological polar surface area (TPSA) is 49.6 Å². The Kier molecular flexibility index (Phi) is 6.74. The van der Waals surface area contributed by atoms with Gasteiger partial charge in [-0.3, -0.25) is 9.97 Å². The molecule has 0 saturated heterocycles. The second-order valence-corrected chi connectivity index (χ2v) is 14.0. The second kappa shape index (κ2) is 11.7. The largest absolute Gasteiger partial charge is 0.256 e. The smallest absolute Gasteiger partial charge is 0.0991 e. The van der Waals surface area contributed by atoms with Gasteiger partial charge in [-0.05, 0) is 140 Å². The number of nitriles is 1. The molecule has 0 aliphatic carbocycles.